The number of carbonyl (C=O) groups is 1. The number of phosphoric ester groups is 1. The van der Waals surface area contributed by atoms with E-state index in [1.807, 2.05) is 28.1 Å². The van der Waals surface area contributed by atoms with Crippen LogP contribution in [0.1, 0.15) is 219 Å². The minimum atomic E-state index is -4.53. The van der Waals surface area contributed by atoms with Crippen LogP contribution in [0, 0.1) is 0 Å². The molecule has 0 aromatic carbocycles. The van der Waals surface area contributed by atoms with E-state index in [0.29, 0.717) is 30.3 Å². The summed E-state index contributed by atoms with van der Waals surface area (Å²) in [7, 11) is 1.31. The maximum atomic E-state index is 12.2. The predicted molar refractivity (Wildman–Crippen MR) is 219 cm³/mol. The number of quaternary nitrogens is 1. The van der Waals surface area contributed by atoms with E-state index in [1.54, 1.807) is 0 Å². The molecule has 312 valence electrons. The summed E-state index contributed by atoms with van der Waals surface area (Å²) in [5, 5.41) is 13.5. The molecule has 0 heterocycles. The van der Waals surface area contributed by atoms with Crippen LogP contribution in [0.15, 0.2) is 0 Å². The Hall–Kier alpha value is -0.500. The Morgan fingerprint density at radius 3 is 1.27 bits per heavy atom. The lowest BCUT2D eigenvalue weighted by Gasteiger charge is -2.30. The number of nitrogens with one attached hydrogen (secondary N) is 1. The van der Waals surface area contributed by atoms with E-state index in [-0.39, 0.29) is 19.1 Å². The largest absolute Gasteiger partial charge is 0.756 e. The summed E-state index contributed by atoms with van der Waals surface area (Å²) in [5.74, 6) is -0.215. The minimum absolute atomic E-state index is 0.0132. The number of phosphoric acid groups is 1. The molecule has 0 rings (SSSR count). The smallest absolute Gasteiger partial charge is 0.268 e. The first-order chi connectivity index (χ1) is 25.0. The Bertz CT molecular complexity index is 824. The highest BCUT2D eigenvalue weighted by atomic mass is 31.2. The molecule has 2 N–H and O–H groups in total. The molecule has 0 bridgehead atoms. The quantitative estimate of drug-likeness (QED) is 0.0365. The highest BCUT2D eigenvalue weighted by Gasteiger charge is 2.24. The standard InChI is InChI=1S/C43H89N2O6P/c1-6-8-9-10-11-12-13-14-15-16-17-18-19-20-21-22-23-24-25-26-27-28-29-30-31-32-33-34-35-37-42(46)41(44-43(47)36-7-2)40-51-52(48,49)50-39-38-45(3,4)5/h41-42,46H,6-40H2,1-5H3,(H-,44,47,48,49). The van der Waals surface area contributed by atoms with Crippen molar-refractivity contribution in [2.24, 2.45) is 0 Å². The van der Waals surface area contributed by atoms with E-state index in [4.69, 9.17) is 9.05 Å². The first-order valence-corrected chi connectivity index (χ1v) is 23.8. The van der Waals surface area contributed by atoms with Gasteiger partial charge in [-0.1, -0.05) is 200 Å². The monoisotopic (exact) mass is 761 g/mol. The number of nitrogens with zero attached hydrogens (tertiary/aromatic N) is 1. The number of amides is 1. The van der Waals surface area contributed by atoms with E-state index in [1.165, 1.54) is 167 Å². The third kappa shape index (κ3) is 37.8. The molecule has 0 fully saturated rings. The number of aliphatic hydroxyl groups excluding tert-OH is 1. The summed E-state index contributed by atoms with van der Waals surface area (Å²) in [6, 6.07) is -0.790. The Morgan fingerprint density at radius 2 is 0.942 bits per heavy atom. The van der Waals surface area contributed by atoms with Crippen molar-refractivity contribution in [3.63, 3.8) is 0 Å². The second-order valence-corrected chi connectivity index (χ2v) is 18.2. The lowest BCUT2D eigenvalue weighted by atomic mass is 10.0. The molecule has 9 heteroatoms. The van der Waals surface area contributed by atoms with Gasteiger partial charge in [0.25, 0.3) is 7.82 Å². The molecule has 0 saturated carbocycles. The lowest BCUT2D eigenvalue weighted by molar-refractivity contribution is -0.870. The summed E-state index contributed by atoms with van der Waals surface area (Å²) in [4.78, 5) is 24.4. The zero-order valence-corrected chi connectivity index (χ0v) is 36.2. The number of carbonyl (C=O) groups excluding carboxylic acids is 1. The van der Waals surface area contributed by atoms with Crippen molar-refractivity contribution in [3.05, 3.63) is 0 Å². The van der Waals surface area contributed by atoms with E-state index in [9.17, 15) is 19.4 Å². The molecular weight excluding hydrogens is 671 g/mol. The van der Waals surface area contributed by atoms with Crippen LogP contribution in [-0.4, -0.2) is 68.5 Å². The normalized spacial score (nSPS) is 14.4. The molecule has 0 aromatic heterocycles. The molecule has 0 aliphatic rings. The Balaban J connectivity index is 3.67. The molecule has 0 radical (unpaired) electrons. The molecule has 3 atom stereocenters. The van der Waals surface area contributed by atoms with Gasteiger partial charge < -0.3 is 28.8 Å². The summed E-state index contributed by atoms with van der Waals surface area (Å²) in [6.07, 6.45) is 40.1. The van der Waals surface area contributed by atoms with Crippen molar-refractivity contribution < 1.29 is 32.9 Å². The van der Waals surface area contributed by atoms with Gasteiger partial charge in [0.1, 0.15) is 13.2 Å². The van der Waals surface area contributed by atoms with Crippen LogP contribution in [0.2, 0.25) is 0 Å². The van der Waals surface area contributed by atoms with Crippen LogP contribution in [-0.2, 0) is 18.4 Å². The molecule has 8 nitrogen and oxygen atoms in total. The van der Waals surface area contributed by atoms with Gasteiger partial charge >= 0.3 is 0 Å². The average molecular weight is 761 g/mol. The lowest BCUT2D eigenvalue weighted by Crippen LogP contribution is -2.46. The van der Waals surface area contributed by atoms with Gasteiger partial charge in [-0.3, -0.25) is 9.36 Å². The van der Waals surface area contributed by atoms with Gasteiger partial charge in [-0.15, -0.1) is 0 Å². The molecule has 3 unspecified atom stereocenters. The highest BCUT2D eigenvalue weighted by molar-refractivity contribution is 7.45. The topological polar surface area (TPSA) is 108 Å². The maximum Gasteiger partial charge on any atom is 0.268 e. The van der Waals surface area contributed by atoms with Gasteiger partial charge in [0, 0.05) is 6.42 Å². The van der Waals surface area contributed by atoms with Crippen LogP contribution in [0.3, 0.4) is 0 Å². The van der Waals surface area contributed by atoms with E-state index in [0.717, 1.165) is 19.3 Å². The predicted octanol–water partition coefficient (Wildman–Crippen LogP) is 11.6. The minimum Gasteiger partial charge on any atom is -0.756 e. The summed E-state index contributed by atoms with van der Waals surface area (Å²) >= 11 is 0. The Kier molecular flexibility index (Phi) is 35.8. The van der Waals surface area contributed by atoms with Crippen LogP contribution in [0.4, 0.5) is 0 Å². The molecule has 52 heavy (non-hydrogen) atoms. The van der Waals surface area contributed by atoms with Crippen molar-refractivity contribution in [2.45, 2.75) is 231 Å². The first-order valence-electron chi connectivity index (χ1n) is 22.4. The molecule has 0 spiro atoms. The van der Waals surface area contributed by atoms with Gasteiger partial charge in [0.05, 0.1) is 39.9 Å². The molecule has 0 saturated heterocycles. The van der Waals surface area contributed by atoms with Crippen LogP contribution in [0.5, 0.6) is 0 Å². The molecular formula is C43H89N2O6P. The molecule has 1 amide bonds. The highest BCUT2D eigenvalue weighted by Crippen LogP contribution is 2.38. The van der Waals surface area contributed by atoms with Crippen molar-refractivity contribution >= 4 is 13.7 Å². The zero-order chi connectivity index (χ0) is 38.6. The van der Waals surface area contributed by atoms with Gasteiger partial charge in [0.15, 0.2) is 0 Å². The fourth-order valence-corrected chi connectivity index (χ4v) is 7.51. The zero-order valence-electron chi connectivity index (χ0n) is 35.3. The van der Waals surface area contributed by atoms with Crippen LogP contribution >= 0.6 is 7.82 Å². The number of likely N-dealkylation sites (N-methyl/N-ethyl adjacent to an activating group) is 1. The summed E-state index contributed by atoms with van der Waals surface area (Å²) in [6.45, 7) is 4.38. The van der Waals surface area contributed by atoms with Crippen molar-refractivity contribution in [2.75, 3.05) is 40.9 Å². The molecule has 0 aliphatic heterocycles. The van der Waals surface area contributed by atoms with E-state index >= 15 is 0 Å². The van der Waals surface area contributed by atoms with E-state index < -0.39 is 20.0 Å². The number of aliphatic hydroxyl groups is 1. The second kappa shape index (κ2) is 36.2. The summed E-state index contributed by atoms with van der Waals surface area (Å²) in [5.41, 5.74) is 0. The number of hydrogen-bond acceptors (Lipinski definition) is 6. The van der Waals surface area contributed by atoms with Gasteiger partial charge in [0.2, 0.25) is 5.91 Å². The van der Waals surface area contributed by atoms with E-state index in [2.05, 4.69) is 12.2 Å². The third-order valence-corrected chi connectivity index (χ3v) is 11.3. The number of unbranched alkanes of at least 4 members (excludes halogenated alkanes) is 28. The third-order valence-electron chi connectivity index (χ3n) is 10.3. The van der Waals surface area contributed by atoms with Crippen molar-refractivity contribution in [1.29, 1.82) is 0 Å². The molecule has 0 aliphatic carbocycles. The fraction of sp³-hybridized carbons (Fsp3) is 0.977. The van der Waals surface area contributed by atoms with Crippen LogP contribution < -0.4 is 10.2 Å². The van der Waals surface area contributed by atoms with Crippen molar-refractivity contribution in [3.8, 4) is 0 Å². The number of hydrogen-bond donors (Lipinski definition) is 2. The van der Waals surface area contributed by atoms with Gasteiger partial charge in [-0.05, 0) is 12.8 Å². The van der Waals surface area contributed by atoms with Gasteiger partial charge in [-0.25, -0.2) is 0 Å². The Labute approximate surface area is 323 Å². The maximum absolute atomic E-state index is 12.2. The SMILES string of the molecule is CCCCCCCCCCCCCCCCCCCCCCCCCCCCCCCC(O)C(COP(=O)([O-])OCC[N+](C)(C)C)NC(=O)CCC. The van der Waals surface area contributed by atoms with Crippen LogP contribution in [0.25, 0.3) is 0 Å². The second-order valence-electron chi connectivity index (χ2n) is 16.8. The molecule has 0 aromatic rings. The van der Waals surface area contributed by atoms with Crippen molar-refractivity contribution in [1.82, 2.24) is 5.32 Å². The average Bonchev–Trinajstić information content (AvgIpc) is 3.08. The summed E-state index contributed by atoms with van der Waals surface area (Å²) < 4.78 is 22.8. The fourth-order valence-electron chi connectivity index (χ4n) is 6.79. The van der Waals surface area contributed by atoms with Gasteiger partial charge in [-0.2, -0.15) is 0 Å². The first kappa shape index (κ1) is 51.5. The Morgan fingerprint density at radius 1 is 0.596 bits per heavy atom. The number of rotatable bonds is 41.